The van der Waals surface area contributed by atoms with E-state index in [1.165, 1.54) is 11.0 Å². The lowest BCUT2D eigenvalue weighted by Gasteiger charge is -2.06. The molecule has 2 aromatic heterocycles. The Morgan fingerprint density at radius 2 is 2.10 bits per heavy atom. The fourth-order valence-corrected chi connectivity index (χ4v) is 2.14. The second-order valence-corrected chi connectivity index (χ2v) is 5.42. The summed E-state index contributed by atoms with van der Waals surface area (Å²) in [6.07, 6.45) is 4.93. The molecule has 21 heavy (non-hydrogen) atoms. The Labute approximate surface area is 132 Å². The number of amides is 1. The Kier molecular flexibility index (Phi) is 3.67. The summed E-state index contributed by atoms with van der Waals surface area (Å²) in [5.41, 5.74) is 3.99. The SMILES string of the molecule is O=C(Nn1cn[nH]c1=S)c1ccc(-n2cc(Br)cn2)cc1. The Morgan fingerprint density at radius 1 is 1.33 bits per heavy atom. The van der Waals surface area contributed by atoms with Crippen molar-refractivity contribution in [2.75, 3.05) is 5.43 Å². The molecule has 0 unspecified atom stereocenters. The Hall–Kier alpha value is -2.26. The molecule has 0 atom stereocenters. The van der Waals surface area contributed by atoms with Crippen molar-refractivity contribution in [2.45, 2.75) is 0 Å². The van der Waals surface area contributed by atoms with Gasteiger partial charge in [0.25, 0.3) is 5.91 Å². The van der Waals surface area contributed by atoms with E-state index in [0.29, 0.717) is 10.3 Å². The van der Waals surface area contributed by atoms with Crippen molar-refractivity contribution in [1.82, 2.24) is 24.7 Å². The van der Waals surface area contributed by atoms with Gasteiger partial charge in [-0.3, -0.25) is 15.3 Å². The standard InChI is InChI=1S/C12H9BrN6OS/c13-9-5-15-18(6-9)10-3-1-8(2-4-10)11(20)17-19-7-14-16-12(19)21/h1-7H,(H,16,21)(H,17,20). The van der Waals surface area contributed by atoms with E-state index in [2.05, 4.69) is 36.7 Å². The van der Waals surface area contributed by atoms with E-state index < -0.39 is 0 Å². The molecule has 3 rings (SSSR count). The van der Waals surface area contributed by atoms with Gasteiger partial charge in [0.1, 0.15) is 6.33 Å². The fraction of sp³-hybridized carbons (Fsp3) is 0. The van der Waals surface area contributed by atoms with Gasteiger partial charge in [0, 0.05) is 11.8 Å². The van der Waals surface area contributed by atoms with Crippen LogP contribution in [0.15, 0.2) is 47.5 Å². The number of H-pyrrole nitrogens is 1. The smallest absolute Gasteiger partial charge is 0.267 e. The number of aromatic nitrogens is 5. The second-order valence-electron chi connectivity index (χ2n) is 4.12. The lowest BCUT2D eigenvalue weighted by molar-refractivity contribution is 0.101. The van der Waals surface area contributed by atoms with Crippen LogP contribution >= 0.6 is 28.1 Å². The third-order valence-electron chi connectivity index (χ3n) is 2.72. The summed E-state index contributed by atoms with van der Waals surface area (Å²) in [5, 5.41) is 10.5. The van der Waals surface area contributed by atoms with Crippen molar-refractivity contribution in [1.29, 1.82) is 0 Å². The highest BCUT2D eigenvalue weighted by atomic mass is 79.9. The number of hydrogen-bond acceptors (Lipinski definition) is 4. The van der Waals surface area contributed by atoms with E-state index >= 15 is 0 Å². The monoisotopic (exact) mass is 364 g/mol. The predicted octanol–water partition coefficient (Wildman–Crippen LogP) is 2.27. The third kappa shape index (κ3) is 2.93. The number of halogens is 1. The minimum Gasteiger partial charge on any atom is -0.267 e. The van der Waals surface area contributed by atoms with Gasteiger partial charge < -0.3 is 0 Å². The number of nitrogens with one attached hydrogen (secondary N) is 2. The minimum atomic E-state index is -0.277. The van der Waals surface area contributed by atoms with Gasteiger partial charge in [-0.1, -0.05) is 0 Å². The molecule has 0 spiro atoms. The zero-order valence-corrected chi connectivity index (χ0v) is 12.9. The van der Waals surface area contributed by atoms with Crippen LogP contribution in [0.5, 0.6) is 0 Å². The van der Waals surface area contributed by atoms with Gasteiger partial charge in [-0.05, 0) is 52.4 Å². The summed E-state index contributed by atoms with van der Waals surface area (Å²) in [5.74, 6) is -0.277. The molecule has 0 aliphatic rings. The van der Waals surface area contributed by atoms with Crippen molar-refractivity contribution < 1.29 is 4.79 Å². The summed E-state index contributed by atoms with van der Waals surface area (Å²) in [6, 6.07) is 7.04. The summed E-state index contributed by atoms with van der Waals surface area (Å²) in [7, 11) is 0. The molecule has 0 fully saturated rings. The Morgan fingerprint density at radius 3 is 2.67 bits per heavy atom. The highest BCUT2D eigenvalue weighted by molar-refractivity contribution is 9.10. The minimum absolute atomic E-state index is 0.277. The van der Waals surface area contributed by atoms with Crippen LogP contribution < -0.4 is 5.43 Å². The molecule has 0 saturated heterocycles. The molecule has 0 aliphatic carbocycles. The van der Waals surface area contributed by atoms with Gasteiger partial charge in [-0.25, -0.2) is 9.36 Å². The summed E-state index contributed by atoms with van der Waals surface area (Å²) in [4.78, 5) is 12.1. The number of aromatic amines is 1. The van der Waals surface area contributed by atoms with E-state index in [0.717, 1.165) is 10.2 Å². The van der Waals surface area contributed by atoms with Crippen LogP contribution in [0.4, 0.5) is 0 Å². The largest absolute Gasteiger partial charge is 0.270 e. The van der Waals surface area contributed by atoms with E-state index in [1.807, 2.05) is 18.3 Å². The molecule has 9 heteroatoms. The molecule has 1 aromatic carbocycles. The van der Waals surface area contributed by atoms with Gasteiger partial charge >= 0.3 is 0 Å². The zero-order chi connectivity index (χ0) is 14.8. The number of nitrogens with zero attached hydrogens (tertiary/aromatic N) is 4. The molecule has 106 valence electrons. The molecular weight excluding hydrogens is 356 g/mol. The number of carbonyl (C=O) groups excluding carboxylic acids is 1. The van der Waals surface area contributed by atoms with Gasteiger partial charge in [0.2, 0.25) is 4.77 Å². The van der Waals surface area contributed by atoms with Crippen LogP contribution in [-0.4, -0.2) is 30.6 Å². The number of rotatable bonds is 3. The Bertz CT molecular complexity index is 834. The van der Waals surface area contributed by atoms with Crippen molar-refractivity contribution >= 4 is 34.1 Å². The van der Waals surface area contributed by atoms with Gasteiger partial charge in [0.15, 0.2) is 0 Å². The highest BCUT2D eigenvalue weighted by Crippen LogP contribution is 2.13. The number of carbonyl (C=O) groups is 1. The maximum absolute atomic E-state index is 12.1. The molecule has 2 N–H and O–H groups in total. The lowest BCUT2D eigenvalue weighted by Crippen LogP contribution is -2.22. The first kappa shape index (κ1) is 13.7. The molecule has 3 aromatic rings. The predicted molar refractivity (Wildman–Crippen MR) is 82.4 cm³/mol. The highest BCUT2D eigenvalue weighted by Gasteiger charge is 2.07. The first-order valence-electron chi connectivity index (χ1n) is 5.87. The normalized spacial score (nSPS) is 10.5. The maximum atomic E-state index is 12.1. The van der Waals surface area contributed by atoms with Gasteiger partial charge in [-0.2, -0.15) is 10.2 Å². The van der Waals surface area contributed by atoms with E-state index in [9.17, 15) is 4.79 Å². The van der Waals surface area contributed by atoms with Crippen LogP contribution in [0.2, 0.25) is 0 Å². The molecule has 2 heterocycles. The van der Waals surface area contributed by atoms with Crippen molar-refractivity contribution in [2.24, 2.45) is 0 Å². The van der Waals surface area contributed by atoms with Crippen molar-refractivity contribution in [3.8, 4) is 5.69 Å². The van der Waals surface area contributed by atoms with E-state index in [-0.39, 0.29) is 5.91 Å². The number of benzene rings is 1. The molecule has 1 amide bonds. The number of hydrogen-bond donors (Lipinski definition) is 2. The first-order valence-corrected chi connectivity index (χ1v) is 7.07. The first-order chi connectivity index (χ1) is 10.1. The molecule has 0 bridgehead atoms. The maximum Gasteiger partial charge on any atom is 0.270 e. The molecule has 0 saturated carbocycles. The van der Waals surface area contributed by atoms with E-state index in [4.69, 9.17) is 12.2 Å². The lowest BCUT2D eigenvalue weighted by atomic mass is 10.2. The summed E-state index contributed by atoms with van der Waals surface area (Å²) >= 11 is 8.29. The van der Waals surface area contributed by atoms with Crippen molar-refractivity contribution in [3.63, 3.8) is 0 Å². The second kappa shape index (κ2) is 5.62. The average Bonchev–Trinajstić information content (AvgIpc) is 3.08. The third-order valence-corrected chi connectivity index (χ3v) is 3.42. The summed E-state index contributed by atoms with van der Waals surface area (Å²) < 4.78 is 4.26. The van der Waals surface area contributed by atoms with Crippen molar-refractivity contribution in [3.05, 3.63) is 57.8 Å². The van der Waals surface area contributed by atoms with Crippen LogP contribution in [-0.2, 0) is 0 Å². The molecule has 0 radical (unpaired) electrons. The van der Waals surface area contributed by atoms with Crippen LogP contribution in [0.3, 0.4) is 0 Å². The average molecular weight is 365 g/mol. The van der Waals surface area contributed by atoms with Crippen LogP contribution in [0, 0.1) is 4.77 Å². The Balaban J connectivity index is 1.79. The van der Waals surface area contributed by atoms with Gasteiger partial charge in [0.05, 0.1) is 16.4 Å². The van der Waals surface area contributed by atoms with E-state index in [1.54, 1.807) is 23.0 Å². The fourth-order valence-electron chi connectivity index (χ4n) is 1.71. The quantitative estimate of drug-likeness (QED) is 0.698. The zero-order valence-electron chi connectivity index (χ0n) is 10.5. The molecule has 7 nitrogen and oxygen atoms in total. The summed E-state index contributed by atoms with van der Waals surface area (Å²) in [6.45, 7) is 0. The molecule has 0 aliphatic heterocycles. The topological polar surface area (TPSA) is 80.5 Å². The van der Waals surface area contributed by atoms with Crippen LogP contribution in [0.25, 0.3) is 5.69 Å². The molecular formula is C12H9BrN6OS. The van der Waals surface area contributed by atoms with Crippen LogP contribution in [0.1, 0.15) is 10.4 Å². The van der Waals surface area contributed by atoms with Gasteiger partial charge in [-0.15, -0.1) is 0 Å².